The predicted octanol–water partition coefficient (Wildman–Crippen LogP) is 2.02. The Morgan fingerprint density at radius 1 is 1.40 bits per heavy atom. The van der Waals surface area contributed by atoms with E-state index < -0.39 is 0 Å². The number of nitrogens with two attached hydrogens (primary N) is 2. The molecule has 3 nitrogen and oxygen atoms in total. The highest BCUT2D eigenvalue weighted by Crippen LogP contribution is 2.31. The molecule has 1 aromatic carbocycles. The highest BCUT2D eigenvalue weighted by molar-refractivity contribution is 9.10. The van der Waals surface area contributed by atoms with Crippen LogP contribution in [0.2, 0.25) is 0 Å². The third kappa shape index (κ3) is 1.64. The van der Waals surface area contributed by atoms with Crippen molar-refractivity contribution in [3.05, 3.63) is 28.4 Å². The molecular formula is C11H14BrN3. The Kier molecular flexibility index (Phi) is 2.71. The van der Waals surface area contributed by atoms with Crippen LogP contribution in [0.5, 0.6) is 0 Å². The molecule has 4 N–H and O–H groups in total. The van der Waals surface area contributed by atoms with Gasteiger partial charge in [0.15, 0.2) is 0 Å². The molecule has 0 fully saturated rings. The monoisotopic (exact) mass is 267 g/mol. The molecule has 0 saturated heterocycles. The van der Waals surface area contributed by atoms with Gasteiger partial charge in [-0.1, -0.05) is 0 Å². The van der Waals surface area contributed by atoms with Gasteiger partial charge < -0.3 is 16.0 Å². The number of aromatic nitrogens is 1. The summed E-state index contributed by atoms with van der Waals surface area (Å²) in [5, 5.41) is 1.15. The van der Waals surface area contributed by atoms with Crippen LogP contribution in [0.25, 0.3) is 10.9 Å². The van der Waals surface area contributed by atoms with Crippen molar-refractivity contribution < 1.29 is 0 Å². The third-order valence-electron chi connectivity index (χ3n) is 2.66. The Labute approximate surface area is 97.2 Å². The van der Waals surface area contributed by atoms with Crippen molar-refractivity contribution >= 4 is 32.5 Å². The average molecular weight is 268 g/mol. The Bertz CT molecular complexity index is 502. The van der Waals surface area contributed by atoms with Crippen LogP contribution < -0.4 is 11.5 Å². The maximum atomic E-state index is 5.77. The second-order valence-corrected chi connectivity index (χ2v) is 4.43. The molecule has 0 aliphatic heterocycles. The predicted molar refractivity (Wildman–Crippen MR) is 67.8 cm³/mol. The van der Waals surface area contributed by atoms with Gasteiger partial charge in [-0.2, -0.15) is 0 Å². The number of anilines is 1. The van der Waals surface area contributed by atoms with Crippen molar-refractivity contribution in [3.63, 3.8) is 0 Å². The van der Waals surface area contributed by atoms with Crippen molar-refractivity contribution in [3.8, 4) is 0 Å². The molecule has 0 aliphatic rings. The minimum atomic E-state index is 0.651. The summed E-state index contributed by atoms with van der Waals surface area (Å²) in [6.07, 6.45) is 0.867. The van der Waals surface area contributed by atoms with Crippen molar-refractivity contribution in [2.75, 3.05) is 12.3 Å². The largest absolute Gasteiger partial charge is 0.399 e. The minimum Gasteiger partial charge on any atom is -0.399 e. The molecule has 15 heavy (non-hydrogen) atoms. The van der Waals surface area contributed by atoms with Gasteiger partial charge in [-0.15, -0.1) is 0 Å². The fraction of sp³-hybridized carbons (Fsp3) is 0.273. The van der Waals surface area contributed by atoms with E-state index in [-0.39, 0.29) is 0 Å². The molecule has 2 rings (SSSR count). The molecule has 0 amide bonds. The Morgan fingerprint density at radius 2 is 2.13 bits per heavy atom. The molecule has 0 spiro atoms. The van der Waals surface area contributed by atoms with Crippen molar-refractivity contribution in [1.82, 2.24) is 4.57 Å². The van der Waals surface area contributed by atoms with Crippen molar-refractivity contribution in [2.24, 2.45) is 12.8 Å². The Hall–Kier alpha value is -1.00. The number of hydrogen-bond acceptors (Lipinski definition) is 2. The van der Waals surface area contributed by atoms with E-state index in [1.54, 1.807) is 0 Å². The Morgan fingerprint density at radius 3 is 2.80 bits per heavy atom. The lowest BCUT2D eigenvalue weighted by Crippen LogP contribution is -2.06. The van der Waals surface area contributed by atoms with Crippen LogP contribution in [-0.2, 0) is 13.5 Å². The first-order valence-corrected chi connectivity index (χ1v) is 5.66. The summed E-state index contributed by atoms with van der Waals surface area (Å²) < 4.78 is 3.27. The number of nitrogens with zero attached hydrogens (tertiary/aromatic N) is 1. The lowest BCUT2D eigenvalue weighted by atomic mass is 10.2. The molecule has 0 saturated carbocycles. The SMILES string of the molecule is Cn1c(CCN)c(Br)c2cc(N)ccc21. The van der Waals surface area contributed by atoms with Crippen LogP contribution in [0, 0.1) is 0 Å². The number of aryl methyl sites for hydroxylation is 1. The summed E-state index contributed by atoms with van der Waals surface area (Å²) in [6.45, 7) is 0.651. The zero-order valence-corrected chi connectivity index (χ0v) is 10.2. The molecule has 1 heterocycles. The van der Waals surface area contributed by atoms with Gasteiger partial charge in [-0.3, -0.25) is 0 Å². The molecule has 0 bridgehead atoms. The van der Waals surface area contributed by atoms with Gasteiger partial charge >= 0.3 is 0 Å². The zero-order valence-electron chi connectivity index (χ0n) is 8.63. The first-order valence-electron chi connectivity index (χ1n) is 4.87. The quantitative estimate of drug-likeness (QED) is 0.819. The summed E-state index contributed by atoms with van der Waals surface area (Å²) in [5.74, 6) is 0. The number of hydrogen-bond donors (Lipinski definition) is 2. The summed E-state index contributed by atoms with van der Waals surface area (Å²) in [4.78, 5) is 0. The molecule has 0 atom stereocenters. The molecule has 2 aromatic rings. The molecule has 0 aliphatic carbocycles. The zero-order chi connectivity index (χ0) is 11.0. The van der Waals surface area contributed by atoms with Gasteiger partial charge in [0.25, 0.3) is 0 Å². The molecule has 4 heteroatoms. The van der Waals surface area contributed by atoms with Gasteiger partial charge in [-0.25, -0.2) is 0 Å². The van der Waals surface area contributed by atoms with Crippen molar-refractivity contribution in [2.45, 2.75) is 6.42 Å². The summed E-state index contributed by atoms with van der Waals surface area (Å²) in [7, 11) is 2.05. The normalized spacial score (nSPS) is 11.1. The number of rotatable bonds is 2. The summed E-state index contributed by atoms with van der Waals surface area (Å²) >= 11 is 3.61. The molecule has 80 valence electrons. The number of nitrogen functional groups attached to an aromatic ring is 1. The lowest BCUT2D eigenvalue weighted by Gasteiger charge is -2.02. The van der Waals surface area contributed by atoms with Crippen LogP contribution in [0.1, 0.15) is 5.69 Å². The molecular weight excluding hydrogens is 254 g/mol. The van der Waals surface area contributed by atoms with Gasteiger partial charge in [-0.05, 0) is 40.7 Å². The minimum absolute atomic E-state index is 0.651. The third-order valence-corrected chi connectivity index (χ3v) is 3.54. The number of halogens is 1. The van der Waals surface area contributed by atoms with E-state index in [0.29, 0.717) is 6.54 Å². The van der Waals surface area contributed by atoms with Crippen molar-refractivity contribution in [1.29, 1.82) is 0 Å². The molecule has 0 radical (unpaired) electrons. The van der Waals surface area contributed by atoms with Gasteiger partial charge in [0.1, 0.15) is 0 Å². The van der Waals surface area contributed by atoms with E-state index in [1.165, 1.54) is 11.2 Å². The summed E-state index contributed by atoms with van der Waals surface area (Å²) in [6, 6.07) is 5.94. The maximum absolute atomic E-state index is 5.77. The standard InChI is InChI=1S/C11H14BrN3/c1-15-9-3-2-7(14)6-8(9)11(12)10(15)4-5-13/h2-3,6H,4-5,13-14H2,1H3. The van der Waals surface area contributed by atoms with Crippen LogP contribution in [0.4, 0.5) is 5.69 Å². The number of benzene rings is 1. The molecule has 0 unspecified atom stereocenters. The fourth-order valence-corrected chi connectivity index (χ4v) is 2.67. The van der Waals surface area contributed by atoms with E-state index in [0.717, 1.165) is 22.0 Å². The first kappa shape index (κ1) is 10.5. The fourth-order valence-electron chi connectivity index (χ4n) is 1.88. The van der Waals surface area contributed by atoms with E-state index in [9.17, 15) is 0 Å². The van der Waals surface area contributed by atoms with E-state index in [1.807, 2.05) is 25.2 Å². The first-order chi connectivity index (χ1) is 7.15. The highest BCUT2D eigenvalue weighted by atomic mass is 79.9. The smallest absolute Gasteiger partial charge is 0.0493 e. The van der Waals surface area contributed by atoms with Crippen LogP contribution in [0.3, 0.4) is 0 Å². The van der Waals surface area contributed by atoms with Crippen LogP contribution in [0.15, 0.2) is 22.7 Å². The average Bonchev–Trinajstić information content (AvgIpc) is 2.44. The topological polar surface area (TPSA) is 57.0 Å². The van der Waals surface area contributed by atoms with Gasteiger partial charge in [0.05, 0.1) is 0 Å². The molecule has 1 aromatic heterocycles. The lowest BCUT2D eigenvalue weighted by molar-refractivity contribution is 0.823. The van der Waals surface area contributed by atoms with E-state index in [4.69, 9.17) is 11.5 Å². The Balaban J connectivity index is 2.73. The second-order valence-electron chi connectivity index (χ2n) is 3.63. The van der Waals surface area contributed by atoms with Gasteiger partial charge in [0.2, 0.25) is 0 Å². The maximum Gasteiger partial charge on any atom is 0.0493 e. The summed E-state index contributed by atoms with van der Waals surface area (Å²) in [5.41, 5.74) is 14.5. The van der Waals surface area contributed by atoms with Gasteiger partial charge in [0, 0.05) is 40.2 Å². The number of fused-ring (bicyclic) bond motifs is 1. The van der Waals surface area contributed by atoms with E-state index >= 15 is 0 Å². The van der Waals surface area contributed by atoms with E-state index in [2.05, 4.69) is 20.5 Å². The highest BCUT2D eigenvalue weighted by Gasteiger charge is 2.11. The van der Waals surface area contributed by atoms with Crippen LogP contribution >= 0.6 is 15.9 Å². The van der Waals surface area contributed by atoms with Crippen LogP contribution in [-0.4, -0.2) is 11.1 Å². The second kappa shape index (κ2) is 3.87.